The number of benzene rings is 2. The highest BCUT2D eigenvalue weighted by atomic mass is 19.4. The van der Waals surface area contributed by atoms with Gasteiger partial charge < -0.3 is 4.98 Å². The number of nitrogens with one attached hydrogen (secondary N) is 1. The number of halogens is 3. The molecule has 118 valence electrons. The Bertz CT molecular complexity index is 821. The third-order valence-electron chi connectivity index (χ3n) is 3.88. The summed E-state index contributed by atoms with van der Waals surface area (Å²) in [5.74, 6) is -2.34. The molecule has 0 saturated heterocycles. The van der Waals surface area contributed by atoms with Gasteiger partial charge in [-0.2, -0.15) is 13.2 Å². The van der Waals surface area contributed by atoms with Crippen LogP contribution in [0.2, 0.25) is 0 Å². The number of hydrogen-bond acceptors (Lipinski definition) is 1. The highest BCUT2D eigenvalue weighted by molar-refractivity contribution is 5.97. The first-order valence-electron chi connectivity index (χ1n) is 7.18. The number of aromatic amines is 1. The van der Waals surface area contributed by atoms with Crippen LogP contribution in [0.15, 0.2) is 60.8 Å². The molecule has 3 aromatic rings. The summed E-state index contributed by atoms with van der Waals surface area (Å²) in [6, 6.07) is 14.8. The number of carbonyl (C=O) groups is 1. The van der Waals surface area contributed by atoms with Crippen molar-refractivity contribution in [2.75, 3.05) is 0 Å². The Labute approximate surface area is 130 Å². The lowest BCUT2D eigenvalue weighted by Crippen LogP contribution is -2.23. The molecule has 1 atom stereocenters. The molecular formula is C18H14F3NO. The number of para-hydroxylation sites is 1. The minimum absolute atomic E-state index is 0.109. The van der Waals surface area contributed by atoms with Crippen LogP contribution in [-0.2, 0) is 0 Å². The summed E-state index contributed by atoms with van der Waals surface area (Å²) in [4.78, 5) is 15.1. The van der Waals surface area contributed by atoms with E-state index in [1.165, 1.54) is 18.3 Å². The SMILES string of the molecule is O=C(C[C@H](c1c[nH]c2ccccc12)C(F)(F)F)c1ccccc1. The third-order valence-corrected chi connectivity index (χ3v) is 3.88. The molecular weight excluding hydrogens is 303 g/mol. The van der Waals surface area contributed by atoms with Gasteiger partial charge in [-0.1, -0.05) is 48.5 Å². The van der Waals surface area contributed by atoms with Gasteiger partial charge in [0.25, 0.3) is 0 Å². The molecule has 0 radical (unpaired) electrons. The van der Waals surface area contributed by atoms with Crippen molar-refractivity contribution in [1.29, 1.82) is 0 Å². The second-order valence-corrected chi connectivity index (χ2v) is 5.38. The number of fused-ring (bicyclic) bond motifs is 1. The van der Waals surface area contributed by atoms with E-state index in [0.29, 0.717) is 16.5 Å². The predicted octanol–water partition coefficient (Wildman–Crippen LogP) is 5.09. The van der Waals surface area contributed by atoms with Crippen LogP contribution in [0.25, 0.3) is 10.9 Å². The first kappa shape index (κ1) is 15.3. The molecule has 0 fully saturated rings. The monoisotopic (exact) mass is 317 g/mol. The molecule has 2 nitrogen and oxygen atoms in total. The van der Waals surface area contributed by atoms with Crippen LogP contribution in [0.1, 0.15) is 28.3 Å². The van der Waals surface area contributed by atoms with Crippen LogP contribution in [-0.4, -0.2) is 16.9 Å². The van der Waals surface area contributed by atoms with E-state index in [0.717, 1.165) is 0 Å². The minimum atomic E-state index is -4.49. The maximum Gasteiger partial charge on any atom is 0.396 e. The molecule has 0 bridgehead atoms. The second-order valence-electron chi connectivity index (χ2n) is 5.38. The van der Waals surface area contributed by atoms with Gasteiger partial charge in [-0.15, -0.1) is 0 Å². The normalized spacial score (nSPS) is 13.2. The third kappa shape index (κ3) is 3.13. The van der Waals surface area contributed by atoms with Gasteiger partial charge in [0.15, 0.2) is 5.78 Å². The lowest BCUT2D eigenvalue weighted by molar-refractivity contribution is -0.149. The Kier molecular flexibility index (Phi) is 3.94. The molecule has 1 N–H and O–H groups in total. The highest BCUT2D eigenvalue weighted by Crippen LogP contribution is 2.41. The number of ketones is 1. The molecule has 0 saturated carbocycles. The Morgan fingerprint density at radius 1 is 1.00 bits per heavy atom. The van der Waals surface area contributed by atoms with E-state index >= 15 is 0 Å². The summed E-state index contributed by atoms with van der Waals surface area (Å²) in [5.41, 5.74) is 1.03. The van der Waals surface area contributed by atoms with Crippen molar-refractivity contribution in [2.45, 2.75) is 18.5 Å². The first-order valence-corrected chi connectivity index (χ1v) is 7.18. The van der Waals surface area contributed by atoms with Gasteiger partial charge in [0.2, 0.25) is 0 Å². The fourth-order valence-corrected chi connectivity index (χ4v) is 2.71. The molecule has 0 aliphatic carbocycles. The summed E-state index contributed by atoms with van der Waals surface area (Å²) < 4.78 is 40.6. The average molecular weight is 317 g/mol. The van der Waals surface area contributed by atoms with Crippen LogP contribution >= 0.6 is 0 Å². The molecule has 1 aromatic heterocycles. The zero-order valence-electron chi connectivity index (χ0n) is 12.1. The van der Waals surface area contributed by atoms with Crippen molar-refractivity contribution in [3.05, 3.63) is 71.9 Å². The summed E-state index contributed by atoms with van der Waals surface area (Å²) in [6.07, 6.45) is -3.74. The quantitative estimate of drug-likeness (QED) is 0.668. The summed E-state index contributed by atoms with van der Waals surface area (Å²) in [5, 5.41) is 0.496. The lowest BCUT2D eigenvalue weighted by atomic mass is 9.90. The second kappa shape index (κ2) is 5.91. The molecule has 23 heavy (non-hydrogen) atoms. The van der Waals surface area contributed by atoms with Gasteiger partial charge in [0.1, 0.15) is 0 Å². The Hall–Kier alpha value is -2.56. The van der Waals surface area contributed by atoms with Crippen molar-refractivity contribution in [2.24, 2.45) is 0 Å². The van der Waals surface area contributed by atoms with Gasteiger partial charge in [0.05, 0.1) is 5.92 Å². The fraction of sp³-hybridized carbons (Fsp3) is 0.167. The first-order chi connectivity index (χ1) is 11.0. The van der Waals surface area contributed by atoms with Crippen molar-refractivity contribution < 1.29 is 18.0 Å². The minimum Gasteiger partial charge on any atom is -0.361 e. The molecule has 0 aliphatic heterocycles. The van der Waals surface area contributed by atoms with Crippen LogP contribution in [0.3, 0.4) is 0 Å². The van der Waals surface area contributed by atoms with E-state index in [-0.39, 0.29) is 5.56 Å². The number of alkyl halides is 3. The highest BCUT2D eigenvalue weighted by Gasteiger charge is 2.43. The summed E-state index contributed by atoms with van der Waals surface area (Å²) >= 11 is 0. The average Bonchev–Trinajstić information content (AvgIpc) is 2.96. The predicted molar refractivity (Wildman–Crippen MR) is 82.5 cm³/mol. The zero-order chi connectivity index (χ0) is 16.4. The number of aromatic nitrogens is 1. The van der Waals surface area contributed by atoms with Gasteiger partial charge in [-0.25, -0.2) is 0 Å². The van der Waals surface area contributed by atoms with Crippen LogP contribution in [0.5, 0.6) is 0 Å². The van der Waals surface area contributed by atoms with E-state index in [9.17, 15) is 18.0 Å². The van der Waals surface area contributed by atoms with Crippen molar-refractivity contribution in [1.82, 2.24) is 4.98 Å². The summed E-state index contributed by atoms with van der Waals surface area (Å²) in [7, 11) is 0. The summed E-state index contributed by atoms with van der Waals surface area (Å²) in [6.45, 7) is 0. The van der Waals surface area contributed by atoms with E-state index in [1.54, 1.807) is 42.5 Å². The van der Waals surface area contributed by atoms with E-state index in [4.69, 9.17) is 0 Å². The maximum absolute atomic E-state index is 13.5. The van der Waals surface area contributed by atoms with Crippen molar-refractivity contribution in [3.8, 4) is 0 Å². The number of carbonyl (C=O) groups excluding carboxylic acids is 1. The van der Waals surface area contributed by atoms with E-state index < -0.39 is 24.3 Å². The van der Waals surface area contributed by atoms with Gasteiger partial charge in [-0.3, -0.25) is 4.79 Å². The zero-order valence-corrected chi connectivity index (χ0v) is 12.1. The smallest absolute Gasteiger partial charge is 0.361 e. The van der Waals surface area contributed by atoms with Crippen LogP contribution in [0.4, 0.5) is 13.2 Å². The van der Waals surface area contributed by atoms with E-state index in [1.807, 2.05) is 0 Å². The number of hydrogen-bond donors (Lipinski definition) is 1. The molecule has 0 amide bonds. The Morgan fingerprint density at radius 2 is 1.65 bits per heavy atom. The van der Waals surface area contributed by atoms with Gasteiger partial charge >= 0.3 is 6.18 Å². The lowest BCUT2D eigenvalue weighted by Gasteiger charge is -2.19. The largest absolute Gasteiger partial charge is 0.396 e. The molecule has 3 rings (SSSR count). The Balaban J connectivity index is 1.98. The van der Waals surface area contributed by atoms with Crippen LogP contribution < -0.4 is 0 Å². The molecule has 5 heteroatoms. The van der Waals surface area contributed by atoms with Crippen LogP contribution in [0, 0.1) is 0 Å². The topological polar surface area (TPSA) is 32.9 Å². The Morgan fingerprint density at radius 3 is 2.35 bits per heavy atom. The standard InChI is InChI=1S/C18H14F3NO/c19-18(20,21)15(10-17(23)12-6-2-1-3-7-12)14-11-22-16-9-5-4-8-13(14)16/h1-9,11,15,22H,10H2/t15-/m1/s1. The van der Waals surface area contributed by atoms with Gasteiger partial charge in [-0.05, 0) is 11.6 Å². The molecule has 0 aliphatic rings. The number of Topliss-reactive ketones (excluding diaryl/α,β-unsaturated/α-hetero) is 1. The molecule has 2 aromatic carbocycles. The van der Waals surface area contributed by atoms with Gasteiger partial charge in [0, 0.05) is 29.1 Å². The molecule has 0 spiro atoms. The fourth-order valence-electron chi connectivity index (χ4n) is 2.71. The number of H-pyrrole nitrogens is 1. The molecule has 0 unspecified atom stereocenters. The van der Waals surface area contributed by atoms with Crippen molar-refractivity contribution >= 4 is 16.7 Å². The maximum atomic E-state index is 13.5. The van der Waals surface area contributed by atoms with Crippen molar-refractivity contribution in [3.63, 3.8) is 0 Å². The van der Waals surface area contributed by atoms with E-state index in [2.05, 4.69) is 4.98 Å². The molecule has 1 heterocycles. The number of rotatable bonds is 4.